The van der Waals surface area contributed by atoms with Crippen molar-refractivity contribution in [1.29, 1.82) is 0 Å². The minimum atomic E-state index is -0.519. The Morgan fingerprint density at radius 2 is 1.44 bits per heavy atom. The van der Waals surface area contributed by atoms with Gasteiger partial charge >= 0.3 is 0 Å². The zero-order valence-electron chi connectivity index (χ0n) is 14.5. The minimum absolute atomic E-state index is 0.0507. The number of hydrogen-bond acceptors (Lipinski definition) is 2. The van der Waals surface area contributed by atoms with E-state index in [1.54, 1.807) is 7.11 Å². The number of aliphatic hydroxyl groups excluding tert-OH is 1. The molecular formula is C23H24O2. The second-order valence-corrected chi connectivity index (χ2v) is 6.26. The zero-order chi connectivity index (χ0) is 17.5. The molecule has 0 fully saturated rings. The van der Waals surface area contributed by atoms with E-state index >= 15 is 0 Å². The average molecular weight is 332 g/mol. The number of methoxy groups -OCH3 is 1. The number of benzene rings is 3. The van der Waals surface area contributed by atoms with Crippen molar-refractivity contribution in [1.82, 2.24) is 0 Å². The summed E-state index contributed by atoms with van der Waals surface area (Å²) in [5.74, 6) is 0.923. The number of ether oxygens (including phenoxy) is 1. The Hall–Kier alpha value is -2.58. The van der Waals surface area contributed by atoms with Crippen LogP contribution >= 0.6 is 0 Å². The SMILES string of the molecule is COc1cccc(CCC(c2ccccc2)C(O)c2ccccc2)c1. The molecule has 0 aliphatic heterocycles. The predicted molar refractivity (Wildman–Crippen MR) is 102 cm³/mol. The van der Waals surface area contributed by atoms with Crippen LogP contribution in [0.5, 0.6) is 5.75 Å². The summed E-state index contributed by atoms with van der Waals surface area (Å²) in [4.78, 5) is 0. The molecule has 2 atom stereocenters. The molecule has 25 heavy (non-hydrogen) atoms. The molecule has 1 N–H and O–H groups in total. The highest BCUT2D eigenvalue weighted by atomic mass is 16.5. The maximum atomic E-state index is 11.0. The topological polar surface area (TPSA) is 29.5 Å². The van der Waals surface area contributed by atoms with Crippen molar-refractivity contribution in [2.45, 2.75) is 24.9 Å². The molecule has 128 valence electrons. The van der Waals surface area contributed by atoms with Gasteiger partial charge in [-0.15, -0.1) is 0 Å². The van der Waals surface area contributed by atoms with Crippen LogP contribution in [-0.2, 0) is 6.42 Å². The second kappa shape index (κ2) is 8.50. The van der Waals surface area contributed by atoms with Gasteiger partial charge in [0.15, 0.2) is 0 Å². The van der Waals surface area contributed by atoms with Crippen LogP contribution in [-0.4, -0.2) is 12.2 Å². The smallest absolute Gasteiger partial charge is 0.119 e. The van der Waals surface area contributed by atoms with Crippen LogP contribution in [0.2, 0.25) is 0 Å². The van der Waals surface area contributed by atoms with Crippen molar-refractivity contribution >= 4 is 0 Å². The van der Waals surface area contributed by atoms with Crippen LogP contribution in [0, 0.1) is 0 Å². The molecule has 0 aliphatic rings. The van der Waals surface area contributed by atoms with Crippen LogP contribution in [0.1, 0.15) is 35.1 Å². The molecule has 0 aliphatic carbocycles. The molecular weight excluding hydrogens is 308 g/mol. The molecule has 0 saturated heterocycles. The van der Waals surface area contributed by atoms with Gasteiger partial charge in [0.2, 0.25) is 0 Å². The van der Waals surface area contributed by atoms with Gasteiger partial charge in [0, 0.05) is 5.92 Å². The van der Waals surface area contributed by atoms with Crippen LogP contribution in [0.4, 0.5) is 0 Å². The molecule has 0 saturated carbocycles. The van der Waals surface area contributed by atoms with E-state index in [0.717, 1.165) is 24.2 Å². The van der Waals surface area contributed by atoms with Gasteiger partial charge in [-0.3, -0.25) is 0 Å². The summed E-state index contributed by atoms with van der Waals surface area (Å²) in [6.07, 6.45) is 1.24. The summed E-state index contributed by atoms with van der Waals surface area (Å²) in [7, 11) is 1.69. The van der Waals surface area contributed by atoms with Crippen molar-refractivity contribution in [2.75, 3.05) is 7.11 Å². The summed E-state index contributed by atoms with van der Waals surface area (Å²) >= 11 is 0. The summed E-state index contributed by atoms with van der Waals surface area (Å²) in [6.45, 7) is 0. The first-order chi connectivity index (χ1) is 12.3. The van der Waals surface area contributed by atoms with Crippen molar-refractivity contribution in [3.63, 3.8) is 0 Å². The first-order valence-corrected chi connectivity index (χ1v) is 8.69. The van der Waals surface area contributed by atoms with E-state index in [-0.39, 0.29) is 5.92 Å². The van der Waals surface area contributed by atoms with E-state index in [1.165, 1.54) is 11.1 Å². The first kappa shape index (κ1) is 17.2. The lowest BCUT2D eigenvalue weighted by molar-refractivity contribution is 0.140. The van der Waals surface area contributed by atoms with Crippen molar-refractivity contribution in [2.24, 2.45) is 0 Å². The van der Waals surface area contributed by atoms with Crippen LogP contribution in [0.15, 0.2) is 84.9 Å². The Morgan fingerprint density at radius 1 is 0.800 bits per heavy atom. The number of hydrogen-bond donors (Lipinski definition) is 1. The number of rotatable bonds is 7. The Morgan fingerprint density at radius 3 is 2.08 bits per heavy atom. The van der Waals surface area contributed by atoms with Gasteiger partial charge < -0.3 is 9.84 Å². The Kier molecular flexibility index (Phi) is 5.86. The third kappa shape index (κ3) is 4.49. The average Bonchev–Trinajstić information content (AvgIpc) is 2.69. The van der Waals surface area contributed by atoms with E-state index in [4.69, 9.17) is 4.74 Å². The molecule has 0 radical (unpaired) electrons. The molecule has 0 amide bonds. The zero-order valence-corrected chi connectivity index (χ0v) is 14.5. The molecule has 0 heterocycles. The van der Waals surface area contributed by atoms with Crippen molar-refractivity contribution < 1.29 is 9.84 Å². The highest BCUT2D eigenvalue weighted by Crippen LogP contribution is 2.34. The summed E-state index contributed by atoms with van der Waals surface area (Å²) in [5.41, 5.74) is 3.35. The quantitative estimate of drug-likeness (QED) is 0.649. The molecule has 0 bridgehead atoms. The number of aryl methyl sites for hydroxylation is 1. The molecule has 2 nitrogen and oxygen atoms in total. The van der Waals surface area contributed by atoms with Gasteiger partial charge in [0.1, 0.15) is 5.75 Å². The summed E-state index contributed by atoms with van der Waals surface area (Å²) < 4.78 is 5.31. The maximum absolute atomic E-state index is 11.0. The summed E-state index contributed by atoms with van der Waals surface area (Å²) in [5, 5.41) is 11.0. The van der Waals surface area contributed by atoms with Gasteiger partial charge in [-0.25, -0.2) is 0 Å². The van der Waals surface area contributed by atoms with Gasteiger partial charge in [0.05, 0.1) is 13.2 Å². The van der Waals surface area contributed by atoms with E-state index in [9.17, 15) is 5.11 Å². The fraction of sp³-hybridized carbons (Fsp3) is 0.217. The molecule has 3 rings (SSSR count). The van der Waals surface area contributed by atoms with E-state index < -0.39 is 6.10 Å². The highest BCUT2D eigenvalue weighted by molar-refractivity contribution is 5.30. The molecule has 3 aromatic carbocycles. The van der Waals surface area contributed by atoms with Crippen molar-refractivity contribution in [3.8, 4) is 5.75 Å². The standard InChI is InChI=1S/C23H24O2/c1-25-21-14-8-9-18(17-21)15-16-22(19-10-4-2-5-11-19)23(24)20-12-6-3-7-13-20/h2-14,17,22-24H,15-16H2,1H3. The largest absolute Gasteiger partial charge is 0.497 e. The third-order valence-corrected chi connectivity index (χ3v) is 4.63. The van der Waals surface area contributed by atoms with Crippen LogP contribution in [0.25, 0.3) is 0 Å². The lowest BCUT2D eigenvalue weighted by atomic mass is 9.85. The minimum Gasteiger partial charge on any atom is -0.497 e. The molecule has 0 spiro atoms. The van der Waals surface area contributed by atoms with E-state index in [0.29, 0.717) is 0 Å². The molecule has 2 unspecified atom stereocenters. The van der Waals surface area contributed by atoms with Crippen LogP contribution < -0.4 is 4.74 Å². The van der Waals surface area contributed by atoms with Gasteiger partial charge in [-0.05, 0) is 41.7 Å². The molecule has 2 heteroatoms. The predicted octanol–water partition coefficient (Wildman–Crippen LogP) is 5.15. The van der Waals surface area contributed by atoms with E-state index in [1.807, 2.05) is 60.7 Å². The maximum Gasteiger partial charge on any atom is 0.119 e. The lowest BCUT2D eigenvalue weighted by Gasteiger charge is -2.24. The van der Waals surface area contributed by atoms with Gasteiger partial charge in [-0.2, -0.15) is 0 Å². The Balaban J connectivity index is 1.81. The molecule has 3 aromatic rings. The normalized spacial score (nSPS) is 13.2. The van der Waals surface area contributed by atoms with Crippen LogP contribution in [0.3, 0.4) is 0 Å². The molecule has 0 aromatic heterocycles. The van der Waals surface area contributed by atoms with Gasteiger partial charge in [0.25, 0.3) is 0 Å². The van der Waals surface area contributed by atoms with E-state index in [2.05, 4.69) is 24.3 Å². The second-order valence-electron chi connectivity index (χ2n) is 6.26. The lowest BCUT2D eigenvalue weighted by Crippen LogP contribution is -2.12. The van der Waals surface area contributed by atoms with Gasteiger partial charge in [-0.1, -0.05) is 72.8 Å². The fourth-order valence-corrected chi connectivity index (χ4v) is 3.24. The number of aliphatic hydroxyl groups is 1. The first-order valence-electron chi connectivity index (χ1n) is 8.69. The third-order valence-electron chi connectivity index (χ3n) is 4.63. The summed E-state index contributed by atoms with van der Waals surface area (Å²) in [6, 6.07) is 28.3. The highest BCUT2D eigenvalue weighted by Gasteiger charge is 2.22. The fourth-order valence-electron chi connectivity index (χ4n) is 3.24. The Labute approximate surface area is 149 Å². The van der Waals surface area contributed by atoms with Crippen molar-refractivity contribution in [3.05, 3.63) is 102 Å². The monoisotopic (exact) mass is 332 g/mol. The Bertz CT molecular complexity index is 768.